The van der Waals surface area contributed by atoms with E-state index in [2.05, 4.69) is 103 Å². The second kappa shape index (κ2) is 6.29. The molecule has 0 aromatic heterocycles. The molecule has 0 amide bonds. The maximum atomic E-state index is 2.32. The molecule has 0 saturated heterocycles. The van der Waals surface area contributed by atoms with E-state index in [0.29, 0.717) is 0 Å². The normalized spacial score (nSPS) is 15.9. The summed E-state index contributed by atoms with van der Waals surface area (Å²) in [5, 5.41) is 0. The van der Waals surface area contributed by atoms with E-state index in [1.807, 2.05) is 0 Å². The van der Waals surface area contributed by atoms with Crippen LogP contribution in [0.5, 0.6) is 0 Å². The highest BCUT2D eigenvalue weighted by atomic mass is 15.2. The van der Waals surface area contributed by atoms with Crippen molar-refractivity contribution in [2.45, 2.75) is 0 Å². The summed E-state index contributed by atoms with van der Waals surface area (Å²) in [6, 6.07) is 10.5. The average Bonchev–Trinajstić information content (AvgIpc) is 2.58. The van der Waals surface area contributed by atoms with Crippen molar-refractivity contribution in [1.82, 2.24) is 9.62 Å². The molecule has 6 heteroatoms. The fourth-order valence-corrected chi connectivity index (χ4v) is 2.78. The van der Waals surface area contributed by atoms with Crippen molar-refractivity contribution in [1.29, 1.82) is 0 Å². The lowest BCUT2D eigenvalue weighted by Gasteiger charge is -2.32. The fraction of sp³-hybridized carbons (Fsp3) is 0.357. The van der Waals surface area contributed by atoms with Gasteiger partial charge in [0.15, 0.2) is 0 Å². The van der Waals surface area contributed by atoms with E-state index in [1.54, 1.807) is 0 Å². The first-order valence-electron chi connectivity index (χ1n) is 6.92. The van der Waals surface area contributed by atoms with Crippen molar-refractivity contribution >= 4 is 25.6 Å². The van der Waals surface area contributed by atoms with Crippen LogP contribution in [-0.4, -0.2) is 69.3 Å². The van der Waals surface area contributed by atoms with Crippen molar-refractivity contribution in [2.75, 3.05) is 40.0 Å². The highest BCUT2D eigenvalue weighted by Crippen LogP contribution is 2.19. The number of benzene rings is 1. The van der Waals surface area contributed by atoms with Crippen molar-refractivity contribution in [3.63, 3.8) is 0 Å². The summed E-state index contributed by atoms with van der Waals surface area (Å²) in [7, 11) is 10.6. The summed E-state index contributed by atoms with van der Waals surface area (Å²) >= 11 is 0. The number of anilines is 1. The highest BCUT2D eigenvalue weighted by molar-refractivity contribution is 7.18. The van der Waals surface area contributed by atoms with Crippen molar-refractivity contribution in [3.8, 4) is 0 Å². The van der Waals surface area contributed by atoms with Crippen LogP contribution in [0.25, 0.3) is 0 Å². The first kappa shape index (κ1) is 14.9. The van der Waals surface area contributed by atoms with Crippen LogP contribution >= 0.6 is 0 Å². The van der Waals surface area contributed by atoms with E-state index < -0.39 is 0 Å². The molecule has 104 valence electrons. The lowest BCUT2D eigenvalue weighted by Crippen LogP contribution is -2.66. The third kappa shape index (κ3) is 2.97. The van der Waals surface area contributed by atoms with Crippen molar-refractivity contribution in [3.05, 3.63) is 42.6 Å². The Morgan fingerprint density at radius 2 is 1.65 bits per heavy atom. The molecule has 1 aliphatic heterocycles. The number of hydrogen-bond acceptors (Lipinski definition) is 3. The number of rotatable bonds is 3. The van der Waals surface area contributed by atoms with E-state index in [-0.39, 0.29) is 13.7 Å². The van der Waals surface area contributed by atoms with Crippen molar-refractivity contribution < 1.29 is 4.49 Å². The van der Waals surface area contributed by atoms with Crippen LogP contribution in [0, 0.1) is 0 Å². The van der Waals surface area contributed by atoms with Gasteiger partial charge in [-0.05, 0) is 46.5 Å². The summed E-state index contributed by atoms with van der Waals surface area (Å²) in [4.78, 5) is 6.84. The molecular weight excluding hydrogens is 246 g/mol. The van der Waals surface area contributed by atoms with Crippen molar-refractivity contribution in [2.24, 2.45) is 0 Å². The van der Waals surface area contributed by atoms with Gasteiger partial charge in [0, 0.05) is 11.8 Å². The zero-order chi connectivity index (χ0) is 14.7. The van der Waals surface area contributed by atoms with E-state index in [1.165, 1.54) is 5.69 Å². The van der Waals surface area contributed by atoms with Gasteiger partial charge >= 0.3 is 13.7 Å². The number of nitrogens with zero attached hydrogens (tertiary/aromatic N) is 4. The van der Waals surface area contributed by atoms with Crippen LogP contribution in [0.2, 0.25) is 0 Å². The average molecular weight is 269 g/mol. The van der Waals surface area contributed by atoms with Gasteiger partial charge in [-0.15, -0.1) is 0 Å². The zero-order valence-electron chi connectivity index (χ0n) is 13.1. The molecule has 0 spiro atoms. The maximum absolute atomic E-state index is 2.32. The van der Waals surface area contributed by atoms with Gasteiger partial charge in [0.05, 0.1) is 0 Å². The van der Waals surface area contributed by atoms with E-state index in [0.717, 1.165) is 0 Å². The molecular formula is C14H23B2N4+. The summed E-state index contributed by atoms with van der Waals surface area (Å²) in [5.74, 6) is 0. The Kier molecular flexibility index (Phi) is 4.68. The smallest absolute Gasteiger partial charge is 0.376 e. The molecule has 0 saturated carbocycles. The molecule has 1 aromatic carbocycles. The summed E-state index contributed by atoms with van der Waals surface area (Å²) in [5.41, 5.74) is 1.21. The first-order chi connectivity index (χ1) is 9.52. The Balaban J connectivity index is 2.46. The van der Waals surface area contributed by atoms with Gasteiger partial charge < -0.3 is 14.1 Å². The van der Waals surface area contributed by atoms with Gasteiger partial charge in [0.25, 0.3) is 0 Å². The standard InChI is InChI=1S/C14H23B2N4/c1-17(2)15-16(18(3)4)20(13-9-12-19(15)5)14-10-7-6-8-11-14/h6-13H,1-5H3/q+1. The van der Waals surface area contributed by atoms with Gasteiger partial charge in [-0.2, -0.15) is 0 Å². The second-order valence-electron chi connectivity index (χ2n) is 5.65. The molecule has 0 N–H and O–H groups in total. The first-order valence-corrected chi connectivity index (χ1v) is 6.92. The monoisotopic (exact) mass is 269 g/mol. The Morgan fingerprint density at radius 1 is 1.00 bits per heavy atom. The highest BCUT2D eigenvalue weighted by Gasteiger charge is 2.51. The minimum atomic E-state index is 0.229. The van der Waals surface area contributed by atoms with Crippen LogP contribution in [0.15, 0.2) is 42.6 Å². The molecule has 2 rings (SSSR count). The Bertz CT molecular complexity index is 499. The van der Waals surface area contributed by atoms with Crippen LogP contribution in [-0.2, 0) is 0 Å². The lowest BCUT2D eigenvalue weighted by atomic mass is 9.31. The minimum absolute atomic E-state index is 0.229. The van der Waals surface area contributed by atoms with E-state index in [9.17, 15) is 0 Å². The molecule has 0 fully saturated rings. The predicted octanol–water partition coefficient (Wildman–Crippen LogP) is 0.911. The molecule has 0 bridgehead atoms. The molecule has 0 atom stereocenters. The zero-order valence-corrected chi connectivity index (χ0v) is 13.1. The number of allylic oxidation sites excluding steroid dienone is 1. The molecule has 1 aliphatic rings. The van der Waals surface area contributed by atoms with E-state index >= 15 is 0 Å². The number of para-hydroxylation sites is 1. The SMILES string of the molecule is CN(C)B1B(N(C)C)[N+](C)=CC=CN1c1ccccc1. The summed E-state index contributed by atoms with van der Waals surface area (Å²) < 4.78 is 2.25. The largest absolute Gasteiger partial charge is 0.572 e. The molecule has 4 nitrogen and oxygen atoms in total. The molecule has 20 heavy (non-hydrogen) atoms. The third-order valence-corrected chi connectivity index (χ3v) is 3.65. The van der Waals surface area contributed by atoms with Gasteiger partial charge in [-0.25, -0.2) is 0 Å². The fourth-order valence-electron chi connectivity index (χ4n) is 2.78. The topological polar surface area (TPSA) is 12.7 Å². The molecule has 0 aliphatic carbocycles. The molecule has 0 radical (unpaired) electrons. The lowest BCUT2D eigenvalue weighted by molar-refractivity contribution is -0.350. The van der Waals surface area contributed by atoms with Crippen LogP contribution in [0.4, 0.5) is 5.69 Å². The minimum Gasteiger partial charge on any atom is -0.376 e. The van der Waals surface area contributed by atoms with Gasteiger partial charge in [0.1, 0.15) is 13.3 Å². The Morgan fingerprint density at radius 3 is 2.20 bits per heavy atom. The number of hydrogen-bond donors (Lipinski definition) is 0. The molecule has 1 aromatic rings. The summed E-state index contributed by atoms with van der Waals surface area (Å²) in [6.07, 6.45) is 6.39. The Hall–Kier alpha value is -1.52. The van der Waals surface area contributed by atoms with Gasteiger partial charge in [-0.1, -0.05) is 18.2 Å². The second-order valence-corrected chi connectivity index (χ2v) is 5.65. The summed E-state index contributed by atoms with van der Waals surface area (Å²) in [6.45, 7) is 0.493. The third-order valence-electron chi connectivity index (χ3n) is 3.65. The van der Waals surface area contributed by atoms with Crippen LogP contribution in [0.3, 0.4) is 0 Å². The van der Waals surface area contributed by atoms with Crippen LogP contribution in [0.1, 0.15) is 0 Å². The Labute approximate surface area is 123 Å². The predicted molar refractivity (Wildman–Crippen MR) is 89.2 cm³/mol. The molecule has 0 unspecified atom stereocenters. The maximum Gasteiger partial charge on any atom is 0.572 e. The quantitative estimate of drug-likeness (QED) is 0.757. The molecule has 1 heterocycles. The van der Waals surface area contributed by atoms with Crippen LogP contribution < -0.4 is 4.81 Å². The van der Waals surface area contributed by atoms with Gasteiger partial charge in [-0.3, -0.25) is 4.81 Å². The van der Waals surface area contributed by atoms with Gasteiger partial charge in [0.2, 0.25) is 0 Å². The van der Waals surface area contributed by atoms with E-state index in [4.69, 9.17) is 0 Å².